The Morgan fingerprint density at radius 2 is 1.83 bits per heavy atom. The van der Waals surface area contributed by atoms with Crippen LogP contribution in [-0.2, 0) is 0 Å². The molecule has 0 saturated carbocycles. The van der Waals surface area contributed by atoms with Crippen molar-refractivity contribution in [3.63, 3.8) is 0 Å². The van der Waals surface area contributed by atoms with Gasteiger partial charge in [0, 0.05) is 16.1 Å². The molecular formula is C14H20BrClFN. The first-order valence-electron chi connectivity index (χ1n) is 6.41. The molecule has 1 aromatic carbocycles. The first-order chi connectivity index (χ1) is 8.51. The van der Waals surface area contributed by atoms with Crippen molar-refractivity contribution in [1.82, 2.24) is 0 Å². The summed E-state index contributed by atoms with van der Waals surface area (Å²) in [6, 6.07) is 2.76. The monoisotopic (exact) mass is 335 g/mol. The molecule has 0 radical (unpaired) electrons. The molecule has 0 amide bonds. The SMILES string of the molecule is CCCC(CCC)C(N)c1cc(Cl)c(Br)cc1F. The van der Waals surface area contributed by atoms with Crippen LogP contribution in [-0.4, -0.2) is 0 Å². The summed E-state index contributed by atoms with van der Waals surface area (Å²) in [6.45, 7) is 4.25. The van der Waals surface area contributed by atoms with E-state index in [-0.39, 0.29) is 11.9 Å². The van der Waals surface area contributed by atoms with Crippen molar-refractivity contribution in [1.29, 1.82) is 0 Å². The van der Waals surface area contributed by atoms with E-state index in [0.29, 0.717) is 21.0 Å². The minimum atomic E-state index is -0.282. The molecule has 0 aliphatic heterocycles. The van der Waals surface area contributed by atoms with Crippen LogP contribution in [0.5, 0.6) is 0 Å². The zero-order valence-electron chi connectivity index (χ0n) is 10.8. The van der Waals surface area contributed by atoms with Crippen molar-refractivity contribution in [3.05, 3.63) is 33.0 Å². The Balaban J connectivity index is 3.00. The first kappa shape index (κ1) is 15.9. The van der Waals surface area contributed by atoms with E-state index >= 15 is 0 Å². The molecular weight excluding hydrogens is 317 g/mol. The highest BCUT2D eigenvalue weighted by molar-refractivity contribution is 9.10. The largest absolute Gasteiger partial charge is 0.324 e. The van der Waals surface area contributed by atoms with Crippen molar-refractivity contribution in [2.75, 3.05) is 0 Å². The molecule has 102 valence electrons. The van der Waals surface area contributed by atoms with Crippen LogP contribution in [0.3, 0.4) is 0 Å². The fourth-order valence-corrected chi connectivity index (χ4v) is 2.78. The van der Waals surface area contributed by atoms with E-state index in [1.807, 2.05) is 0 Å². The van der Waals surface area contributed by atoms with Gasteiger partial charge in [0.05, 0.1) is 5.02 Å². The Kier molecular flexibility index (Phi) is 6.61. The first-order valence-corrected chi connectivity index (χ1v) is 7.58. The molecule has 0 aromatic heterocycles. The highest BCUT2D eigenvalue weighted by atomic mass is 79.9. The maximum atomic E-state index is 14.0. The van der Waals surface area contributed by atoms with Crippen molar-refractivity contribution in [2.45, 2.75) is 45.6 Å². The lowest BCUT2D eigenvalue weighted by Gasteiger charge is -2.24. The van der Waals surface area contributed by atoms with Gasteiger partial charge in [0.25, 0.3) is 0 Å². The Morgan fingerprint density at radius 3 is 2.33 bits per heavy atom. The summed E-state index contributed by atoms with van der Waals surface area (Å²) in [4.78, 5) is 0. The van der Waals surface area contributed by atoms with Gasteiger partial charge in [-0.3, -0.25) is 0 Å². The molecule has 0 spiro atoms. The molecule has 0 aliphatic rings. The second kappa shape index (κ2) is 7.46. The van der Waals surface area contributed by atoms with Gasteiger partial charge in [0.1, 0.15) is 5.82 Å². The van der Waals surface area contributed by atoms with E-state index in [2.05, 4.69) is 29.8 Å². The van der Waals surface area contributed by atoms with Gasteiger partial charge in [0.15, 0.2) is 0 Å². The van der Waals surface area contributed by atoms with Gasteiger partial charge in [-0.05, 0) is 46.8 Å². The second-order valence-electron chi connectivity index (χ2n) is 4.65. The van der Waals surface area contributed by atoms with Gasteiger partial charge in [-0.1, -0.05) is 38.3 Å². The predicted molar refractivity (Wildman–Crippen MR) is 79.3 cm³/mol. The summed E-state index contributed by atoms with van der Waals surface area (Å²) >= 11 is 9.23. The number of hydrogen-bond donors (Lipinski definition) is 1. The maximum Gasteiger partial charge on any atom is 0.129 e. The van der Waals surface area contributed by atoms with Crippen LogP contribution in [0, 0.1) is 11.7 Å². The van der Waals surface area contributed by atoms with Crippen LogP contribution in [0.25, 0.3) is 0 Å². The van der Waals surface area contributed by atoms with Crippen molar-refractivity contribution < 1.29 is 4.39 Å². The third kappa shape index (κ3) is 3.94. The summed E-state index contributed by atoms with van der Waals surface area (Å²) in [5.74, 6) is 0.0303. The van der Waals surface area contributed by atoms with Gasteiger partial charge >= 0.3 is 0 Å². The molecule has 0 fully saturated rings. The molecule has 1 rings (SSSR count). The number of hydrogen-bond acceptors (Lipinski definition) is 1. The molecule has 4 heteroatoms. The lowest BCUT2D eigenvalue weighted by atomic mass is 9.86. The van der Waals surface area contributed by atoms with E-state index < -0.39 is 0 Å². The highest BCUT2D eigenvalue weighted by Crippen LogP contribution is 2.33. The molecule has 18 heavy (non-hydrogen) atoms. The van der Waals surface area contributed by atoms with Gasteiger partial charge in [0.2, 0.25) is 0 Å². The predicted octanol–water partition coefficient (Wildman–Crippen LogP) is 5.46. The molecule has 0 saturated heterocycles. The van der Waals surface area contributed by atoms with E-state index in [1.165, 1.54) is 6.07 Å². The standard InChI is InChI=1S/C14H20BrClFN/c1-3-5-9(6-4-2)14(18)10-7-12(16)11(15)8-13(10)17/h7-9,14H,3-6,18H2,1-2H3. The average Bonchev–Trinajstić information content (AvgIpc) is 2.33. The Morgan fingerprint density at radius 1 is 1.28 bits per heavy atom. The topological polar surface area (TPSA) is 26.0 Å². The number of nitrogens with two attached hydrogens (primary N) is 1. The van der Waals surface area contributed by atoms with E-state index in [4.69, 9.17) is 17.3 Å². The summed E-state index contributed by atoms with van der Waals surface area (Å²) in [6.07, 6.45) is 4.15. The fraction of sp³-hybridized carbons (Fsp3) is 0.571. The summed E-state index contributed by atoms with van der Waals surface area (Å²) in [5, 5.41) is 0.508. The van der Waals surface area contributed by atoms with Gasteiger partial charge in [-0.25, -0.2) is 4.39 Å². The molecule has 0 aliphatic carbocycles. The van der Waals surface area contributed by atoms with Crippen LogP contribution >= 0.6 is 27.5 Å². The minimum absolute atomic E-state index is 0.281. The van der Waals surface area contributed by atoms with Gasteiger partial charge in [-0.15, -0.1) is 0 Å². The number of halogens is 3. The molecule has 1 aromatic rings. The lowest BCUT2D eigenvalue weighted by Crippen LogP contribution is -2.22. The molecule has 2 N–H and O–H groups in total. The normalized spacial score (nSPS) is 13.1. The van der Waals surface area contributed by atoms with Gasteiger partial charge < -0.3 is 5.73 Å². The fourth-order valence-electron chi connectivity index (χ4n) is 2.29. The Bertz CT molecular complexity index is 392. The number of rotatable bonds is 6. The van der Waals surface area contributed by atoms with Crippen LogP contribution in [0.1, 0.15) is 51.1 Å². The second-order valence-corrected chi connectivity index (χ2v) is 5.91. The summed E-state index contributed by atoms with van der Waals surface area (Å²) < 4.78 is 14.5. The van der Waals surface area contributed by atoms with Crippen LogP contribution in [0.2, 0.25) is 5.02 Å². The summed E-state index contributed by atoms with van der Waals surface area (Å²) in [7, 11) is 0. The maximum absolute atomic E-state index is 14.0. The Hall–Kier alpha value is -0.120. The summed E-state index contributed by atoms with van der Waals surface area (Å²) in [5.41, 5.74) is 6.74. The molecule has 1 nitrogen and oxygen atoms in total. The molecule has 1 atom stereocenters. The zero-order chi connectivity index (χ0) is 13.7. The quantitative estimate of drug-likeness (QED) is 0.686. The lowest BCUT2D eigenvalue weighted by molar-refractivity contribution is 0.360. The van der Waals surface area contributed by atoms with E-state index in [1.54, 1.807) is 6.07 Å². The van der Waals surface area contributed by atoms with Crippen molar-refractivity contribution >= 4 is 27.5 Å². The van der Waals surface area contributed by atoms with Crippen molar-refractivity contribution in [2.24, 2.45) is 11.7 Å². The van der Waals surface area contributed by atoms with E-state index in [9.17, 15) is 4.39 Å². The Labute approximate surface area is 122 Å². The third-order valence-corrected chi connectivity index (χ3v) is 4.42. The van der Waals surface area contributed by atoms with Crippen LogP contribution < -0.4 is 5.73 Å². The van der Waals surface area contributed by atoms with Crippen LogP contribution in [0.4, 0.5) is 4.39 Å². The minimum Gasteiger partial charge on any atom is -0.324 e. The molecule has 1 unspecified atom stereocenters. The average molecular weight is 337 g/mol. The van der Waals surface area contributed by atoms with Gasteiger partial charge in [-0.2, -0.15) is 0 Å². The number of benzene rings is 1. The third-order valence-electron chi connectivity index (χ3n) is 3.23. The smallest absolute Gasteiger partial charge is 0.129 e. The zero-order valence-corrected chi connectivity index (χ0v) is 13.2. The van der Waals surface area contributed by atoms with Crippen molar-refractivity contribution in [3.8, 4) is 0 Å². The molecule has 0 bridgehead atoms. The highest BCUT2D eigenvalue weighted by Gasteiger charge is 2.22. The molecule has 0 heterocycles. The van der Waals surface area contributed by atoms with Crippen LogP contribution in [0.15, 0.2) is 16.6 Å². The van der Waals surface area contributed by atoms with E-state index in [0.717, 1.165) is 25.7 Å².